The van der Waals surface area contributed by atoms with Crippen LogP contribution in [0.4, 0.5) is 11.4 Å². The number of benzene rings is 2. The van der Waals surface area contributed by atoms with Crippen molar-refractivity contribution in [1.82, 2.24) is 9.80 Å². The number of aryl methyl sites for hydroxylation is 1. The highest BCUT2D eigenvalue weighted by Crippen LogP contribution is 2.28. The average Bonchev–Trinajstić information content (AvgIpc) is 2.73. The van der Waals surface area contributed by atoms with Crippen LogP contribution < -0.4 is 10.2 Å². The molecule has 1 amide bonds. The number of carbonyl (C=O) groups excluding carboxylic acids is 1. The highest BCUT2D eigenvalue weighted by Gasteiger charge is 2.23. The Balaban J connectivity index is 1.78. The van der Waals surface area contributed by atoms with Crippen molar-refractivity contribution >= 4 is 17.3 Å². The number of nitrogens with one attached hydrogen (secondary N) is 1. The second-order valence-electron chi connectivity index (χ2n) is 7.64. The van der Waals surface area contributed by atoms with Gasteiger partial charge in [0.05, 0.1) is 0 Å². The van der Waals surface area contributed by atoms with Crippen LogP contribution in [0.3, 0.4) is 0 Å². The van der Waals surface area contributed by atoms with Crippen LogP contribution in [0.5, 0.6) is 0 Å². The molecule has 1 N–H and O–H groups in total. The summed E-state index contributed by atoms with van der Waals surface area (Å²) in [6.45, 7) is 9.80. The van der Waals surface area contributed by atoms with Crippen molar-refractivity contribution in [2.75, 3.05) is 57.0 Å². The third-order valence-electron chi connectivity index (χ3n) is 5.52. The monoisotopic (exact) mass is 380 g/mol. The Bertz CT molecular complexity index is 782. The predicted molar refractivity (Wildman–Crippen MR) is 117 cm³/mol. The molecule has 1 atom stereocenters. The lowest BCUT2D eigenvalue weighted by atomic mass is 10.0. The molecule has 1 unspecified atom stereocenters. The van der Waals surface area contributed by atoms with E-state index in [9.17, 15) is 4.79 Å². The van der Waals surface area contributed by atoms with E-state index < -0.39 is 6.04 Å². The Kier molecular flexibility index (Phi) is 6.57. The number of rotatable bonds is 6. The fourth-order valence-corrected chi connectivity index (χ4v) is 3.68. The molecule has 1 fully saturated rings. The highest BCUT2D eigenvalue weighted by atomic mass is 16.2. The largest absolute Gasteiger partial charge is 0.370 e. The minimum Gasteiger partial charge on any atom is -0.370 e. The van der Waals surface area contributed by atoms with Crippen molar-refractivity contribution in [2.45, 2.75) is 19.9 Å². The third kappa shape index (κ3) is 4.65. The molecule has 0 aliphatic carbocycles. The molecule has 5 heteroatoms. The van der Waals surface area contributed by atoms with Crippen LogP contribution in [0.25, 0.3) is 0 Å². The van der Waals surface area contributed by atoms with Crippen LogP contribution in [-0.4, -0.2) is 62.5 Å². The summed E-state index contributed by atoms with van der Waals surface area (Å²) in [5, 5.41) is 3.47. The maximum Gasteiger partial charge on any atom is 0.249 e. The van der Waals surface area contributed by atoms with Crippen molar-refractivity contribution in [2.24, 2.45) is 0 Å². The first-order valence-corrected chi connectivity index (χ1v) is 10.1. The van der Waals surface area contributed by atoms with Crippen LogP contribution in [0.15, 0.2) is 48.5 Å². The summed E-state index contributed by atoms with van der Waals surface area (Å²) >= 11 is 0. The quantitative estimate of drug-likeness (QED) is 0.834. The molecule has 0 aromatic heterocycles. The van der Waals surface area contributed by atoms with Gasteiger partial charge in [-0.1, -0.05) is 37.3 Å². The minimum atomic E-state index is -0.395. The Morgan fingerprint density at radius 1 is 1.07 bits per heavy atom. The lowest BCUT2D eigenvalue weighted by Crippen LogP contribution is -2.46. The van der Waals surface area contributed by atoms with Gasteiger partial charge in [0.15, 0.2) is 0 Å². The van der Waals surface area contributed by atoms with Crippen LogP contribution in [0, 0.1) is 6.92 Å². The standard InChI is InChI=1S/C23H32N4O/c1-5-26-13-15-27(16-14-26)20-11-12-21(18(2)17-20)24-22(23(28)25(3)4)19-9-7-6-8-10-19/h6-12,17,22,24H,5,13-16H2,1-4H3. The van der Waals surface area contributed by atoms with Crippen molar-refractivity contribution in [3.05, 3.63) is 59.7 Å². The first kappa shape index (κ1) is 20.2. The first-order chi connectivity index (χ1) is 13.5. The maximum absolute atomic E-state index is 12.8. The molecule has 0 spiro atoms. The van der Waals surface area contributed by atoms with Gasteiger partial charge in [-0.25, -0.2) is 0 Å². The van der Waals surface area contributed by atoms with Gasteiger partial charge < -0.3 is 20.0 Å². The van der Waals surface area contributed by atoms with E-state index in [2.05, 4.69) is 47.2 Å². The predicted octanol–water partition coefficient (Wildman–Crippen LogP) is 3.38. The normalized spacial score (nSPS) is 15.9. The molecule has 150 valence electrons. The average molecular weight is 381 g/mol. The van der Waals surface area contributed by atoms with Gasteiger partial charge in [-0.2, -0.15) is 0 Å². The Morgan fingerprint density at radius 3 is 2.32 bits per heavy atom. The van der Waals surface area contributed by atoms with Crippen molar-refractivity contribution in [3.63, 3.8) is 0 Å². The van der Waals surface area contributed by atoms with Crippen LogP contribution in [0.1, 0.15) is 24.1 Å². The zero-order chi connectivity index (χ0) is 20.1. The summed E-state index contributed by atoms with van der Waals surface area (Å²) in [7, 11) is 3.59. The van der Waals surface area contributed by atoms with Gasteiger partial charge in [0.25, 0.3) is 0 Å². The summed E-state index contributed by atoms with van der Waals surface area (Å²) in [4.78, 5) is 19.4. The van der Waals surface area contributed by atoms with E-state index in [-0.39, 0.29) is 5.91 Å². The molecule has 1 aliphatic rings. The molecule has 0 bridgehead atoms. The van der Waals surface area contributed by atoms with Crippen molar-refractivity contribution in [1.29, 1.82) is 0 Å². The molecule has 28 heavy (non-hydrogen) atoms. The van der Waals surface area contributed by atoms with Gasteiger partial charge in [-0.3, -0.25) is 4.79 Å². The molecule has 0 radical (unpaired) electrons. The fourth-order valence-electron chi connectivity index (χ4n) is 3.68. The number of piperazine rings is 1. The topological polar surface area (TPSA) is 38.8 Å². The summed E-state index contributed by atoms with van der Waals surface area (Å²) in [5.41, 5.74) is 4.39. The third-order valence-corrected chi connectivity index (χ3v) is 5.52. The SMILES string of the molecule is CCN1CCN(c2ccc(NC(C(=O)N(C)C)c3ccccc3)c(C)c2)CC1. The molecule has 1 saturated heterocycles. The molecule has 2 aromatic carbocycles. The van der Waals surface area contributed by atoms with Gasteiger partial charge in [0, 0.05) is 51.6 Å². The molecule has 5 nitrogen and oxygen atoms in total. The Labute approximate surface area is 168 Å². The van der Waals surface area contributed by atoms with E-state index in [1.165, 1.54) is 5.69 Å². The number of amides is 1. The van der Waals surface area contributed by atoms with Gasteiger partial charge in [-0.05, 0) is 42.8 Å². The second kappa shape index (κ2) is 9.11. The number of nitrogens with zero attached hydrogens (tertiary/aromatic N) is 3. The van der Waals surface area contributed by atoms with E-state index in [4.69, 9.17) is 0 Å². The van der Waals surface area contributed by atoms with Crippen LogP contribution in [0.2, 0.25) is 0 Å². The molecule has 3 rings (SSSR count). The van der Waals surface area contributed by atoms with Crippen LogP contribution in [-0.2, 0) is 4.79 Å². The summed E-state index contributed by atoms with van der Waals surface area (Å²) in [5.74, 6) is 0.0466. The van der Waals surface area contributed by atoms with Crippen LogP contribution >= 0.6 is 0 Å². The molecule has 0 saturated carbocycles. The fraction of sp³-hybridized carbons (Fsp3) is 0.435. The first-order valence-electron chi connectivity index (χ1n) is 10.1. The van der Waals surface area contributed by atoms with Gasteiger partial charge in [0.2, 0.25) is 5.91 Å². The van der Waals surface area contributed by atoms with Gasteiger partial charge in [0.1, 0.15) is 6.04 Å². The molecule has 1 aliphatic heterocycles. The van der Waals surface area contributed by atoms with Gasteiger partial charge in [-0.15, -0.1) is 0 Å². The molecular formula is C23H32N4O. The minimum absolute atomic E-state index is 0.0466. The van der Waals surface area contributed by atoms with E-state index >= 15 is 0 Å². The van der Waals surface area contributed by atoms with Crippen molar-refractivity contribution < 1.29 is 4.79 Å². The molecule has 1 heterocycles. The number of anilines is 2. The summed E-state index contributed by atoms with van der Waals surface area (Å²) in [6.07, 6.45) is 0. The number of carbonyl (C=O) groups is 1. The Morgan fingerprint density at radius 2 is 1.75 bits per heavy atom. The number of likely N-dealkylation sites (N-methyl/N-ethyl adjacent to an activating group) is 2. The number of hydrogen-bond acceptors (Lipinski definition) is 4. The van der Waals surface area contributed by atoms with E-state index in [0.29, 0.717) is 0 Å². The van der Waals surface area contributed by atoms with Crippen molar-refractivity contribution in [3.8, 4) is 0 Å². The Hall–Kier alpha value is -2.53. The number of hydrogen-bond donors (Lipinski definition) is 1. The second-order valence-corrected chi connectivity index (χ2v) is 7.64. The smallest absolute Gasteiger partial charge is 0.249 e. The maximum atomic E-state index is 12.8. The zero-order valence-electron chi connectivity index (χ0n) is 17.5. The molecular weight excluding hydrogens is 348 g/mol. The van der Waals surface area contributed by atoms with E-state index in [0.717, 1.165) is 49.5 Å². The molecule has 2 aromatic rings. The summed E-state index contributed by atoms with van der Waals surface area (Å²) in [6, 6.07) is 16.0. The zero-order valence-corrected chi connectivity index (χ0v) is 17.5. The van der Waals surface area contributed by atoms with Gasteiger partial charge >= 0.3 is 0 Å². The van der Waals surface area contributed by atoms with E-state index in [1.54, 1.807) is 19.0 Å². The lowest BCUT2D eigenvalue weighted by Gasteiger charge is -2.35. The van der Waals surface area contributed by atoms with E-state index in [1.807, 2.05) is 30.3 Å². The summed E-state index contributed by atoms with van der Waals surface area (Å²) < 4.78 is 0. The highest BCUT2D eigenvalue weighted by molar-refractivity contribution is 5.86. The lowest BCUT2D eigenvalue weighted by molar-refractivity contribution is -0.129.